The number of hydrogen-bond acceptors (Lipinski definition) is 4. The molecule has 0 aliphatic carbocycles. The fourth-order valence-corrected chi connectivity index (χ4v) is 2.87. The summed E-state index contributed by atoms with van der Waals surface area (Å²) < 4.78 is 5.47. The molecule has 0 unspecified atom stereocenters. The van der Waals surface area contributed by atoms with Crippen molar-refractivity contribution in [3.05, 3.63) is 24.3 Å². The molecule has 1 fully saturated rings. The summed E-state index contributed by atoms with van der Waals surface area (Å²) in [5, 5.41) is 3.39. The van der Waals surface area contributed by atoms with Crippen molar-refractivity contribution in [1.82, 2.24) is 10.2 Å². The van der Waals surface area contributed by atoms with Crippen LogP contribution in [0.4, 0.5) is 5.69 Å². The van der Waals surface area contributed by atoms with E-state index in [2.05, 4.69) is 34.2 Å². The Kier molecular flexibility index (Phi) is 6.83. The second-order valence-corrected chi connectivity index (χ2v) is 5.56. The SMILES string of the molecule is CCNCCCCN1CCN(c2ccccc2OC)CC1. The lowest BCUT2D eigenvalue weighted by Crippen LogP contribution is -2.46. The molecule has 21 heavy (non-hydrogen) atoms. The van der Waals surface area contributed by atoms with Crippen molar-refractivity contribution < 1.29 is 4.74 Å². The number of benzene rings is 1. The highest BCUT2D eigenvalue weighted by Crippen LogP contribution is 2.28. The molecule has 1 aromatic carbocycles. The van der Waals surface area contributed by atoms with E-state index in [1.54, 1.807) is 7.11 Å². The van der Waals surface area contributed by atoms with Crippen LogP contribution in [-0.2, 0) is 0 Å². The lowest BCUT2D eigenvalue weighted by atomic mass is 10.2. The summed E-state index contributed by atoms with van der Waals surface area (Å²) in [6.07, 6.45) is 2.57. The highest BCUT2D eigenvalue weighted by atomic mass is 16.5. The van der Waals surface area contributed by atoms with Crippen LogP contribution in [0.5, 0.6) is 5.75 Å². The number of ether oxygens (including phenoxy) is 1. The zero-order valence-corrected chi connectivity index (χ0v) is 13.5. The van der Waals surface area contributed by atoms with Gasteiger partial charge in [0.2, 0.25) is 0 Å². The van der Waals surface area contributed by atoms with Gasteiger partial charge in [-0.2, -0.15) is 0 Å². The lowest BCUT2D eigenvalue weighted by Gasteiger charge is -2.36. The summed E-state index contributed by atoms with van der Waals surface area (Å²) in [4.78, 5) is 5.02. The van der Waals surface area contributed by atoms with E-state index in [0.29, 0.717) is 0 Å². The molecule has 0 spiro atoms. The van der Waals surface area contributed by atoms with Gasteiger partial charge in [0.15, 0.2) is 0 Å². The fourth-order valence-electron chi connectivity index (χ4n) is 2.87. The zero-order valence-electron chi connectivity index (χ0n) is 13.5. The zero-order chi connectivity index (χ0) is 14.9. The van der Waals surface area contributed by atoms with E-state index in [1.165, 1.54) is 25.1 Å². The van der Waals surface area contributed by atoms with E-state index >= 15 is 0 Å². The van der Waals surface area contributed by atoms with Crippen LogP contribution in [-0.4, -0.2) is 57.8 Å². The van der Waals surface area contributed by atoms with Gasteiger partial charge in [0.25, 0.3) is 0 Å². The van der Waals surface area contributed by atoms with Gasteiger partial charge in [-0.05, 0) is 44.6 Å². The minimum atomic E-state index is 0.983. The molecule has 1 heterocycles. The summed E-state index contributed by atoms with van der Waals surface area (Å²) in [6.45, 7) is 10.1. The molecular formula is C17H29N3O. The van der Waals surface area contributed by atoms with Crippen molar-refractivity contribution in [2.45, 2.75) is 19.8 Å². The number of nitrogens with one attached hydrogen (secondary N) is 1. The Hall–Kier alpha value is -1.26. The highest BCUT2D eigenvalue weighted by Gasteiger charge is 2.18. The first-order valence-electron chi connectivity index (χ1n) is 8.16. The standard InChI is InChI=1S/C17H29N3O/c1-3-18-10-6-7-11-19-12-14-20(15-13-19)16-8-4-5-9-17(16)21-2/h4-5,8-9,18H,3,6-7,10-15H2,1-2H3. The maximum absolute atomic E-state index is 5.47. The second kappa shape index (κ2) is 8.90. The first-order chi connectivity index (χ1) is 10.3. The molecule has 4 nitrogen and oxygen atoms in total. The van der Waals surface area contributed by atoms with Gasteiger partial charge >= 0.3 is 0 Å². The van der Waals surface area contributed by atoms with Gasteiger partial charge < -0.3 is 15.0 Å². The topological polar surface area (TPSA) is 27.7 Å². The molecule has 4 heteroatoms. The average Bonchev–Trinajstić information content (AvgIpc) is 2.55. The van der Waals surface area contributed by atoms with E-state index in [-0.39, 0.29) is 0 Å². The van der Waals surface area contributed by atoms with Crippen LogP contribution in [0, 0.1) is 0 Å². The molecule has 0 amide bonds. The number of para-hydroxylation sites is 2. The van der Waals surface area contributed by atoms with Gasteiger partial charge in [-0.1, -0.05) is 19.1 Å². The average molecular weight is 291 g/mol. The van der Waals surface area contributed by atoms with Crippen molar-refractivity contribution in [2.24, 2.45) is 0 Å². The molecule has 1 saturated heterocycles. The van der Waals surface area contributed by atoms with Gasteiger partial charge in [0.05, 0.1) is 12.8 Å². The quantitative estimate of drug-likeness (QED) is 0.743. The molecule has 0 saturated carbocycles. The largest absolute Gasteiger partial charge is 0.495 e. The summed E-state index contributed by atoms with van der Waals surface area (Å²) >= 11 is 0. The van der Waals surface area contributed by atoms with Crippen molar-refractivity contribution in [3.8, 4) is 5.75 Å². The molecule has 0 bridgehead atoms. The van der Waals surface area contributed by atoms with Crippen molar-refractivity contribution in [1.29, 1.82) is 0 Å². The number of unbranched alkanes of at least 4 members (excludes halogenated alkanes) is 1. The molecule has 1 N–H and O–H groups in total. The predicted octanol–water partition coefficient (Wildman–Crippen LogP) is 2.21. The summed E-state index contributed by atoms with van der Waals surface area (Å²) in [5.41, 5.74) is 1.23. The summed E-state index contributed by atoms with van der Waals surface area (Å²) in [6, 6.07) is 8.32. The van der Waals surface area contributed by atoms with Crippen LogP contribution >= 0.6 is 0 Å². The number of hydrogen-bond donors (Lipinski definition) is 1. The molecule has 0 atom stereocenters. The summed E-state index contributed by atoms with van der Waals surface area (Å²) in [7, 11) is 1.75. The molecule has 1 aromatic rings. The second-order valence-electron chi connectivity index (χ2n) is 5.56. The number of methoxy groups -OCH3 is 1. The highest BCUT2D eigenvalue weighted by molar-refractivity contribution is 5.58. The number of rotatable bonds is 8. The molecule has 0 aromatic heterocycles. The summed E-state index contributed by atoms with van der Waals surface area (Å²) in [5.74, 6) is 0.983. The van der Waals surface area contributed by atoms with E-state index in [9.17, 15) is 0 Å². The van der Waals surface area contributed by atoms with Gasteiger partial charge in [0.1, 0.15) is 5.75 Å². The Bertz CT molecular complexity index is 403. The van der Waals surface area contributed by atoms with Gasteiger partial charge in [-0.3, -0.25) is 4.90 Å². The van der Waals surface area contributed by atoms with E-state index in [1.807, 2.05) is 12.1 Å². The van der Waals surface area contributed by atoms with E-state index in [0.717, 1.165) is 45.0 Å². The van der Waals surface area contributed by atoms with E-state index in [4.69, 9.17) is 4.74 Å². The molecular weight excluding hydrogens is 262 g/mol. The Morgan fingerprint density at radius 2 is 1.86 bits per heavy atom. The number of anilines is 1. The Balaban J connectivity index is 1.73. The van der Waals surface area contributed by atoms with Gasteiger partial charge in [0, 0.05) is 26.2 Å². The van der Waals surface area contributed by atoms with Crippen LogP contribution in [0.3, 0.4) is 0 Å². The monoisotopic (exact) mass is 291 g/mol. The van der Waals surface area contributed by atoms with Crippen molar-refractivity contribution in [3.63, 3.8) is 0 Å². The fraction of sp³-hybridized carbons (Fsp3) is 0.647. The molecule has 2 rings (SSSR count). The maximum Gasteiger partial charge on any atom is 0.142 e. The maximum atomic E-state index is 5.47. The Morgan fingerprint density at radius 3 is 2.57 bits per heavy atom. The third-order valence-electron chi connectivity index (χ3n) is 4.13. The van der Waals surface area contributed by atoms with Gasteiger partial charge in [-0.15, -0.1) is 0 Å². The van der Waals surface area contributed by atoms with Crippen LogP contribution in [0.2, 0.25) is 0 Å². The third kappa shape index (κ3) is 4.90. The smallest absolute Gasteiger partial charge is 0.142 e. The normalized spacial score (nSPS) is 16.2. The number of nitrogens with zero attached hydrogens (tertiary/aromatic N) is 2. The molecule has 1 aliphatic rings. The van der Waals surface area contributed by atoms with Crippen molar-refractivity contribution >= 4 is 5.69 Å². The van der Waals surface area contributed by atoms with Crippen LogP contribution < -0.4 is 15.0 Å². The first-order valence-corrected chi connectivity index (χ1v) is 8.16. The van der Waals surface area contributed by atoms with Crippen LogP contribution in [0.1, 0.15) is 19.8 Å². The number of piperazine rings is 1. The minimum Gasteiger partial charge on any atom is -0.495 e. The van der Waals surface area contributed by atoms with E-state index < -0.39 is 0 Å². The van der Waals surface area contributed by atoms with Crippen LogP contribution in [0.25, 0.3) is 0 Å². The third-order valence-corrected chi connectivity index (χ3v) is 4.13. The van der Waals surface area contributed by atoms with Crippen LogP contribution in [0.15, 0.2) is 24.3 Å². The lowest BCUT2D eigenvalue weighted by molar-refractivity contribution is 0.252. The molecule has 0 radical (unpaired) electrons. The first kappa shape index (κ1) is 16.1. The Morgan fingerprint density at radius 1 is 1.10 bits per heavy atom. The van der Waals surface area contributed by atoms with Gasteiger partial charge in [-0.25, -0.2) is 0 Å². The molecule has 1 aliphatic heterocycles. The predicted molar refractivity (Wildman–Crippen MR) is 89.4 cm³/mol. The minimum absolute atomic E-state index is 0.983. The Labute approximate surface area is 129 Å². The molecule has 118 valence electrons. The van der Waals surface area contributed by atoms with Crippen molar-refractivity contribution in [2.75, 3.05) is 57.8 Å².